The van der Waals surface area contributed by atoms with E-state index in [2.05, 4.69) is 15.8 Å². The van der Waals surface area contributed by atoms with Gasteiger partial charge in [0.25, 0.3) is 5.91 Å². The SMILES string of the molecule is O=C(NOCC1CC1)c1ccc(F)cc1Nc1ncc(C(F)(F)F)cc1Cl. The first-order valence-electron chi connectivity index (χ1n) is 7.95. The van der Waals surface area contributed by atoms with Crippen LogP contribution in [-0.2, 0) is 11.0 Å². The summed E-state index contributed by atoms with van der Waals surface area (Å²) in [6, 6.07) is 3.98. The first-order valence-corrected chi connectivity index (χ1v) is 8.33. The number of hydrogen-bond acceptors (Lipinski definition) is 4. The minimum absolute atomic E-state index is 0.0170. The maximum absolute atomic E-state index is 13.6. The molecule has 0 spiro atoms. The molecule has 1 fully saturated rings. The molecule has 0 radical (unpaired) electrons. The molecule has 1 aromatic heterocycles. The lowest BCUT2D eigenvalue weighted by Crippen LogP contribution is -2.25. The molecule has 2 N–H and O–H groups in total. The van der Waals surface area contributed by atoms with Crippen LogP contribution in [0.1, 0.15) is 28.8 Å². The summed E-state index contributed by atoms with van der Waals surface area (Å²) in [6.07, 6.45) is -1.93. The number of aromatic nitrogens is 1. The van der Waals surface area contributed by atoms with Gasteiger partial charge in [-0.1, -0.05) is 11.6 Å². The molecule has 3 rings (SSSR count). The van der Waals surface area contributed by atoms with E-state index in [1.807, 2.05) is 0 Å². The van der Waals surface area contributed by atoms with Crippen LogP contribution in [0.15, 0.2) is 30.5 Å². The van der Waals surface area contributed by atoms with Gasteiger partial charge in [0.05, 0.1) is 28.4 Å². The van der Waals surface area contributed by atoms with Crippen molar-refractivity contribution in [2.45, 2.75) is 19.0 Å². The van der Waals surface area contributed by atoms with Gasteiger partial charge in [-0.3, -0.25) is 9.63 Å². The van der Waals surface area contributed by atoms with Crippen LogP contribution in [0.2, 0.25) is 5.02 Å². The summed E-state index contributed by atoms with van der Waals surface area (Å²) < 4.78 is 51.7. The Morgan fingerprint density at radius 2 is 2.04 bits per heavy atom. The Labute approximate surface area is 156 Å². The van der Waals surface area contributed by atoms with Crippen LogP contribution < -0.4 is 10.8 Å². The number of benzene rings is 1. The Morgan fingerprint density at radius 1 is 1.30 bits per heavy atom. The van der Waals surface area contributed by atoms with Gasteiger partial charge in [0.15, 0.2) is 0 Å². The highest BCUT2D eigenvalue weighted by Gasteiger charge is 2.31. The Morgan fingerprint density at radius 3 is 2.67 bits per heavy atom. The van der Waals surface area contributed by atoms with Crippen LogP contribution in [-0.4, -0.2) is 17.5 Å². The molecule has 2 aromatic rings. The van der Waals surface area contributed by atoms with Gasteiger partial charge in [-0.05, 0) is 43.0 Å². The van der Waals surface area contributed by atoms with Gasteiger partial charge >= 0.3 is 6.18 Å². The number of pyridine rings is 1. The Kier molecular flexibility index (Phi) is 5.52. The summed E-state index contributed by atoms with van der Waals surface area (Å²) in [5.74, 6) is -1.02. The van der Waals surface area contributed by atoms with Crippen molar-refractivity contribution >= 4 is 29.0 Å². The van der Waals surface area contributed by atoms with E-state index in [1.54, 1.807) is 0 Å². The van der Waals surface area contributed by atoms with Crippen LogP contribution in [0.25, 0.3) is 0 Å². The highest BCUT2D eigenvalue weighted by atomic mass is 35.5. The molecule has 0 unspecified atom stereocenters. The molecule has 0 bridgehead atoms. The van der Waals surface area contributed by atoms with Crippen molar-refractivity contribution in [3.63, 3.8) is 0 Å². The second kappa shape index (κ2) is 7.69. The van der Waals surface area contributed by atoms with E-state index in [9.17, 15) is 22.4 Å². The molecule has 1 saturated carbocycles. The maximum atomic E-state index is 13.6. The average Bonchev–Trinajstić information content (AvgIpc) is 3.40. The van der Waals surface area contributed by atoms with Crippen LogP contribution in [0.5, 0.6) is 0 Å². The van der Waals surface area contributed by atoms with Crippen molar-refractivity contribution in [1.82, 2.24) is 10.5 Å². The Balaban J connectivity index is 1.79. The number of anilines is 2. The predicted molar refractivity (Wildman–Crippen MR) is 90.1 cm³/mol. The third-order valence-electron chi connectivity index (χ3n) is 3.83. The number of nitrogens with zero attached hydrogens (tertiary/aromatic N) is 1. The first kappa shape index (κ1) is 19.4. The molecule has 1 aromatic carbocycles. The average molecular weight is 404 g/mol. The number of carbonyl (C=O) groups excluding carboxylic acids is 1. The maximum Gasteiger partial charge on any atom is 0.417 e. The molecule has 1 amide bonds. The number of rotatable bonds is 6. The molecule has 144 valence electrons. The van der Waals surface area contributed by atoms with E-state index in [0.29, 0.717) is 24.8 Å². The fraction of sp³-hybridized carbons (Fsp3) is 0.294. The number of carbonyl (C=O) groups is 1. The minimum atomic E-state index is -4.60. The highest BCUT2D eigenvalue weighted by molar-refractivity contribution is 6.33. The monoisotopic (exact) mass is 403 g/mol. The van der Waals surface area contributed by atoms with Gasteiger partial charge in [-0.2, -0.15) is 13.2 Å². The summed E-state index contributed by atoms with van der Waals surface area (Å²) in [5, 5.41) is 2.26. The van der Waals surface area contributed by atoms with Gasteiger partial charge in [0.1, 0.15) is 11.6 Å². The molecule has 0 atom stereocenters. The molecule has 0 aliphatic heterocycles. The summed E-state index contributed by atoms with van der Waals surface area (Å²) >= 11 is 5.84. The van der Waals surface area contributed by atoms with Gasteiger partial charge in [0.2, 0.25) is 0 Å². The van der Waals surface area contributed by atoms with Crippen LogP contribution in [0.4, 0.5) is 29.1 Å². The lowest BCUT2D eigenvalue weighted by Gasteiger charge is -2.14. The second-order valence-corrected chi connectivity index (χ2v) is 6.46. The van der Waals surface area contributed by atoms with E-state index in [0.717, 1.165) is 25.0 Å². The first-order chi connectivity index (χ1) is 12.7. The van der Waals surface area contributed by atoms with Gasteiger partial charge < -0.3 is 5.32 Å². The van der Waals surface area contributed by atoms with Crippen LogP contribution >= 0.6 is 11.6 Å². The minimum Gasteiger partial charge on any atom is -0.338 e. The standard InChI is InChI=1S/C17H14ClF4N3O2/c18-13-5-10(17(20,21)22)7-23-15(13)24-14-6-11(19)3-4-12(14)16(26)25-27-8-9-1-2-9/h3-7,9H,1-2,8H2,(H,23,24)(H,25,26). The Bertz CT molecular complexity index is 857. The summed E-state index contributed by atoms with van der Waals surface area (Å²) in [4.78, 5) is 21.0. The topological polar surface area (TPSA) is 63.2 Å². The fourth-order valence-electron chi connectivity index (χ4n) is 2.19. The van der Waals surface area contributed by atoms with Crippen molar-refractivity contribution in [1.29, 1.82) is 0 Å². The normalized spacial score (nSPS) is 14.1. The quantitative estimate of drug-likeness (QED) is 0.541. The molecular weight excluding hydrogens is 390 g/mol. The van der Waals surface area contributed by atoms with Crippen LogP contribution in [0.3, 0.4) is 0 Å². The van der Waals surface area contributed by atoms with E-state index < -0.39 is 23.5 Å². The zero-order chi connectivity index (χ0) is 19.6. The number of hydroxylamine groups is 1. The fourth-order valence-corrected chi connectivity index (χ4v) is 2.41. The summed E-state index contributed by atoms with van der Waals surface area (Å²) in [6.45, 7) is 0.377. The number of nitrogens with one attached hydrogen (secondary N) is 2. The molecule has 1 heterocycles. The predicted octanol–water partition coefficient (Wildman–Crippen LogP) is 4.71. The van der Waals surface area contributed by atoms with Gasteiger partial charge in [0, 0.05) is 6.20 Å². The molecular formula is C17H14ClF4N3O2. The van der Waals surface area contributed by atoms with E-state index in [-0.39, 0.29) is 22.1 Å². The third kappa shape index (κ3) is 5.08. The van der Waals surface area contributed by atoms with Gasteiger partial charge in [-0.15, -0.1) is 0 Å². The Hall–Kier alpha value is -2.39. The van der Waals surface area contributed by atoms with E-state index >= 15 is 0 Å². The zero-order valence-electron chi connectivity index (χ0n) is 13.7. The molecule has 1 aliphatic carbocycles. The van der Waals surface area contributed by atoms with Crippen molar-refractivity contribution in [2.75, 3.05) is 11.9 Å². The molecule has 0 saturated heterocycles. The second-order valence-electron chi connectivity index (χ2n) is 6.05. The van der Waals surface area contributed by atoms with Crippen molar-refractivity contribution in [3.05, 3.63) is 52.4 Å². The lowest BCUT2D eigenvalue weighted by atomic mass is 10.1. The van der Waals surface area contributed by atoms with E-state index in [4.69, 9.17) is 16.4 Å². The highest BCUT2D eigenvalue weighted by Crippen LogP contribution is 2.34. The third-order valence-corrected chi connectivity index (χ3v) is 4.12. The summed E-state index contributed by atoms with van der Waals surface area (Å²) in [7, 11) is 0. The molecule has 1 aliphatic rings. The number of amides is 1. The lowest BCUT2D eigenvalue weighted by molar-refractivity contribution is -0.137. The molecule has 10 heteroatoms. The number of hydrogen-bond donors (Lipinski definition) is 2. The summed E-state index contributed by atoms with van der Waals surface area (Å²) in [5.41, 5.74) is 1.23. The van der Waals surface area contributed by atoms with Crippen molar-refractivity contribution in [2.24, 2.45) is 5.92 Å². The molecule has 5 nitrogen and oxygen atoms in total. The largest absolute Gasteiger partial charge is 0.417 e. The van der Waals surface area contributed by atoms with Crippen molar-refractivity contribution < 1.29 is 27.2 Å². The van der Waals surface area contributed by atoms with Crippen molar-refractivity contribution in [3.8, 4) is 0 Å². The zero-order valence-corrected chi connectivity index (χ0v) is 14.5. The van der Waals surface area contributed by atoms with E-state index in [1.165, 1.54) is 6.07 Å². The van der Waals surface area contributed by atoms with Gasteiger partial charge in [-0.25, -0.2) is 14.9 Å². The van der Waals surface area contributed by atoms with Crippen LogP contribution in [0, 0.1) is 11.7 Å². The smallest absolute Gasteiger partial charge is 0.338 e. The number of alkyl halides is 3. The number of halogens is 5. The molecule has 27 heavy (non-hydrogen) atoms.